The lowest BCUT2D eigenvalue weighted by atomic mass is 10.1. The highest BCUT2D eigenvalue weighted by Gasteiger charge is 2.15. The van der Waals surface area contributed by atoms with E-state index in [1.807, 2.05) is 26.8 Å². The molecule has 1 aromatic carbocycles. The monoisotopic (exact) mass is 255 g/mol. The van der Waals surface area contributed by atoms with Crippen molar-refractivity contribution in [3.05, 3.63) is 28.8 Å². The Morgan fingerprint density at radius 2 is 2.06 bits per heavy atom. The first-order valence-electron chi connectivity index (χ1n) is 5.54. The maximum absolute atomic E-state index is 11.5. The Kier molecular flexibility index (Phi) is 4.40. The van der Waals surface area contributed by atoms with Gasteiger partial charge in [0.1, 0.15) is 5.60 Å². The summed E-state index contributed by atoms with van der Waals surface area (Å²) in [5.41, 5.74) is 6.77. The van der Waals surface area contributed by atoms with Gasteiger partial charge in [0.05, 0.1) is 10.7 Å². The summed E-state index contributed by atoms with van der Waals surface area (Å²) in [7, 11) is 0. The molecule has 0 saturated heterocycles. The third-order valence-electron chi connectivity index (χ3n) is 2.10. The number of esters is 1. The minimum atomic E-state index is -0.434. The third-order valence-corrected chi connectivity index (χ3v) is 2.44. The zero-order valence-corrected chi connectivity index (χ0v) is 11.2. The molecule has 0 saturated carbocycles. The van der Waals surface area contributed by atoms with Crippen LogP contribution >= 0.6 is 11.6 Å². The number of nitrogen functional groups attached to an aromatic ring is 1. The Morgan fingerprint density at radius 1 is 1.41 bits per heavy atom. The van der Waals surface area contributed by atoms with Gasteiger partial charge < -0.3 is 10.5 Å². The quantitative estimate of drug-likeness (QED) is 0.667. The van der Waals surface area contributed by atoms with Crippen molar-refractivity contribution in [2.75, 3.05) is 5.73 Å². The van der Waals surface area contributed by atoms with Crippen LogP contribution < -0.4 is 5.73 Å². The summed E-state index contributed by atoms with van der Waals surface area (Å²) >= 11 is 5.81. The topological polar surface area (TPSA) is 52.3 Å². The molecular weight excluding hydrogens is 238 g/mol. The predicted octanol–water partition coefficient (Wildman–Crippen LogP) is 3.20. The van der Waals surface area contributed by atoms with Crippen LogP contribution in [0.3, 0.4) is 0 Å². The van der Waals surface area contributed by atoms with E-state index in [1.165, 1.54) is 0 Å². The van der Waals surface area contributed by atoms with Crippen molar-refractivity contribution in [1.29, 1.82) is 0 Å². The van der Waals surface area contributed by atoms with Gasteiger partial charge in [-0.15, -0.1) is 0 Å². The van der Waals surface area contributed by atoms with E-state index in [4.69, 9.17) is 22.1 Å². The number of nitrogens with two attached hydrogens (primary N) is 1. The van der Waals surface area contributed by atoms with E-state index in [0.717, 1.165) is 5.56 Å². The van der Waals surface area contributed by atoms with E-state index in [9.17, 15) is 4.79 Å². The molecule has 0 aliphatic heterocycles. The number of ether oxygens (including phenoxy) is 1. The number of carbonyl (C=O) groups excluding carboxylic acids is 1. The largest absolute Gasteiger partial charge is 0.460 e. The first-order chi connectivity index (χ1) is 7.78. The molecule has 17 heavy (non-hydrogen) atoms. The van der Waals surface area contributed by atoms with Gasteiger partial charge in [-0.3, -0.25) is 4.79 Å². The van der Waals surface area contributed by atoms with Crippen LogP contribution in [0.15, 0.2) is 18.2 Å². The molecule has 1 rings (SSSR count). The minimum absolute atomic E-state index is 0.203. The second-order valence-corrected chi connectivity index (χ2v) is 5.35. The summed E-state index contributed by atoms with van der Waals surface area (Å²) in [6.45, 7) is 5.56. The van der Waals surface area contributed by atoms with Crippen LogP contribution in [0.1, 0.15) is 32.8 Å². The average molecular weight is 256 g/mol. The van der Waals surface area contributed by atoms with Gasteiger partial charge in [-0.2, -0.15) is 0 Å². The van der Waals surface area contributed by atoms with Crippen molar-refractivity contribution in [2.45, 2.75) is 39.2 Å². The molecule has 2 N–H and O–H groups in total. The normalized spacial score (nSPS) is 11.3. The molecule has 0 unspecified atom stereocenters. The van der Waals surface area contributed by atoms with Crippen LogP contribution in [0.4, 0.5) is 5.69 Å². The summed E-state index contributed by atoms with van der Waals surface area (Å²) in [4.78, 5) is 11.5. The SMILES string of the molecule is CC(C)(C)OC(=O)CCc1ccc(Cl)c(N)c1. The molecule has 0 fully saturated rings. The number of hydrogen-bond donors (Lipinski definition) is 1. The number of rotatable bonds is 3. The molecule has 0 atom stereocenters. The van der Waals surface area contributed by atoms with Crippen molar-refractivity contribution in [2.24, 2.45) is 0 Å². The zero-order valence-electron chi connectivity index (χ0n) is 10.4. The number of hydrogen-bond acceptors (Lipinski definition) is 3. The second-order valence-electron chi connectivity index (χ2n) is 4.94. The second kappa shape index (κ2) is 5.41. The van der Waals surface area contributed by atoms with Gasteiger partial charge in [-0.1, -0.05) is 17.7 Å². The van der Waals surface area contributed by atoms with E-state index in [0.29, 0.717) is 23.6 Å². The number of carbonyl (C=O) groups is 1. The van der Waals surface area contributed by atoms with Gasteiger partial charge in [0.25, 0.3) is 0 Å². The van der Waals surface area contributed by atoms with Crippen molar-refractivity contribution < 1.29 is 9.53 Å². The van der Waals surface area contributed by atoms with Crippen molar-refractivity contribution >= 4 is 23.3 Å². The maximum atomic E-state index is 11.5. The summed E-state index contributed by atoms with van der Waals surface area (Å²) in [6, 6.07) is 5.39. The Hall–Kier alpha value is -1.22. The van der Waals surface area contributed by atoms with Gasteiger partial charge in [0.2, 0.25) is 0 Å². The molecule has 0 bridgehead atoms. The van der Waals surface area contributed by atoms with Gasteiger partial charge in [-0.05, 0) is 44.9 Å². The fourth-order valence-corrected chi connectivity index (χ4v) is 1.51. The van der Waals surface area contributed by atoms with Crippen LogP contribution in [-0.4, -0.2) is 11.6 Å². The van der Waals surface area contributed by atoms with Crippen molar-refractivity contribution in [3.8, 4) is 0 Å². The molecular formula is C13H18ClNO2. The Bertz CT molecular complexity index is 410. The number of aryl methyl sites for hydroxylation is 1. The fraction of sp³-hybridized carbons (Fsp3) is 0.462. The van der Waals surface area contributed by atoms with Gasteiger partial charge in [-0.25, -0.2) is 0 Å². The summed E-state index contributed by atoms with van der Waals surface area (Å²) in [6.07, 6.45) is 0.953. The van der Waals surface area contributed by atoms with Crippen molar-refractivity contribution in [1.82, 2.24) is 0 Å². The molecule has 0 heterocycles. The lowest BCUT2D eigenvalue weighted by molar-refractivity contribution is -0.154. The standard InChI is InChI=1S/C13H18ClNO2/c1-13(2,3)17-12(16)7-5-9-4-6-10(14)11(15)8-9/h4,6,8H,5,7,15H2,1-3H3. The Balaban J connectivity index is 2.50. The van der Waals surface area contributed by atoms with E-state index in [1.54, 1.807) is 12.1 Å². The van der Waals surface area contributed by atoms with E-state index in [-0.39, 0.29) is 5.97 Å². The Morgan fingerprint density at radius 3 is 2.59 bits per heavy atom. The van der Waals surface area contributed by atoms with Gasteiger partial charge >= 0.3 is 5.97 Å². The molecule has 0 aliphatic carbocycles. The van der Waals surface area contributed by atoms with Crippen LogP contribution in [0.5, 0.6) is 0 Å². The first-order valence-corrected chi connectivity index (χ1v) is 5.91. The molecule has 4 heteroatoms. The van der Waals surface area contributed by atoms with E-state index >= 15 is 0 Å². The lowest BCUT2D eigenvalue weighted by Gasteiger charge is -2.19. The van der Waals surface area contributed by atoms with Crippen LogP contribution in [-0.2, 0) is 16.0 Å². The average Bonchev–Trinajstić information content (AvgIpc) is 2.17. The maximum Gasteiger partial charge on any atom is 0.306 e. The zero-order chi connectivity index (χ0) is 13.1. The molecule has 1 aromatic rings. The molecule has 3 nitrogen and oxygen atoms in total. The highest BCUT2D eigenvalue weighted by molar-refractivity contribution is 6.33. The molecule has 0 radical (unpaired) electrons. The van der Waals surface area contributed by atoms with Crippen molar-refractivity contribution in [3.63, 3.8) is 0 Å². The molecule has 94 valence electrons. The summed E-state index contributed by atoms with van der Waals surface area (Å²) in [5, 5.41) is 0.533. The first kappa shape index (κ1) is 13.8. The predicted molar refractivity (Wildman–Crippen MR) is 70.0 cm³/mol. The molecule has 0 aliphatic rings. The molecule has 0 amide bonds. The number of benzene rings is 1. The lowest BCUT2D eigenvalue weighted by Crippen LogP contribution is -2.24. The van der Waals surface area contributed by atoms with Gasteiger partial charge in [0, 0.05) is 6.42 Å². The highest BCUT2D eigenvalue weighted by atomic mass is 35.5. The third kappa shape index (κ3) is 5.09. The van der Waals surface area contributed by atoms with Crippen LogP contribution in [0.25, 0.3) is 0 Å². The van der Waals surface area contributed by atoms with Crippen LogP contribution in [0, 0.1) is 0 Å². The number of anilines is 1. The highest BCUT2D eigenvalue weighted by Crippen LogP contribution is 2.20. The molecule has 0 spiro atoms. The molecule has 0 aromatic heterocycles. The Labute approximate surface area is 107 Å². The summed E-state index contributed by atoms with van der Waals surface area (Å²) < 4.78 is 5.22. The van der Waals surface area contributed by atoms with Gasteiger partial charge in [0.15, 0.2) is 0 Å². The minimum Gasteiger partial charge on any atom is -0.460 e. The van der Waals surface area contributed by atoms with Crippen LogP contribution in [0.2, 0.25) is 5.02 Å². The fourth-order valence-electron chi connectivity index (χ4n) is 1.39. The number of halogens is 1. The smallest absolute Gasteiger partial charge is 0.306 e. The van der Waals surface area contributed by atoms with E-state index < -0.39 is 5.60 Å². The van der Waals surface area contributed by atoms with E-state index in [2.05, 4.69) is 0 Å². The summed E-state index contributed by atoms with van der Waals surface area (Å²) in [5.74, 6) is -0.203.